The Morgan fingerprint density at radius 3 is 2.24 bits per heavy atom. The van der Waals surface area contributed by atoms with Crippen LogP contribution in [0.25, 0.3) is 0 Å². The number of benzene rings is 2. The highest BCUT2D eigenvalue weighted by molar-refractivity contribution is 5.94. The summed E-state index contributed by atoms with van der Waals surface area (Å²) in [7, 11) is 1.55. The summed E-state index contributed by atoms with van der Waals surface area (Å²) in [6, 6.07) is 13.7. The second-order valence-electron chi connectivity index (χ2n) is 9.79. The van der Waals surface area contributed by atoms with Crippen LogP contribution in [0.15, 0.2) is 42.5 Å². The molecule has 0 heterocycles. The van der Waals surface area contributed by atoms with Crippen molar-refractivity contribution in [2.24, 2.45) is 5.73 Å². The van der Waals surface area contributed by atoms with Gasteiger partial charge in [-0.25, -0.2) is 0 Å². The first kappa shape index (κ1) is 24.6. The van der Waals surface area contributed by atoms with Crippen LogP contribution in [0.3, 0.4) is 0 Å². The van der Waals surface area contributed by atoms with E-state index in [9.17, 15) is 9.59 Å². The number of methoxy groups -OCH3 is 1. The van der Waals surface area contributed by atoms with E-state index in [-0.39, 0.29) is 24.0 Å². The maximum atomic E-state index is 13.6. The molecule has 0 bridgehead atoms. The monoisotopic (exact) mass is 452 g/mol. The number of hydrogen-bond acceptors (Lipinski definition) is 4. The molecule has 0 spiro atoms. The van der Waals surface area contributed by atoms with Gasteiger partial charge in [0.25, 0.3) is 11.8 Å². The smallest absolute Gasteiger partial charge is 0.255 e. The highest BCUT2D eigenvalue weighted by Gasteiger charge is 2.27. The van der Waals surface area contributed by atoms with Crippen LogP contribution in [0.5, 0.6) is 11.5 Å². The van der Waals surface area contributed by atoms with Gasteiger partial charge in [0.1, 0.15) is 0 Å². The zero-order valence-electron chi connectivity index (χ0n) is 20.2. The summed E-state index contributed by atoms with van der Waals surface area (Å²) in [5.41, 5.74) is 8.09. The van der Waals surface area contributed by atoms with E-state index in [0.29, 0.717) is 23.6 Å². The zero-order valence-corrected chi connectivity index (χ0v) is 20.2. The van der Waals surface area contributed by atoms with E-state index >= 15 is 0 Å². The third kappa shape index (κ3) is 6.50. The summed E-state index contributed by atoms with van der Waals surface area (Å²) in [5.74, 6) is 0.468. The Morgan fingerprint density at radius 1 is 1.00 bits per heavy atom. The minimum Gasteiger partial charge on any atom is -0.493 e. The molecule has 0 aliphatic heterocycles. The SMILES string of the molecule is COc1cc(CN(C(=O)c2ccc(C(C)(C)C)cc2)C2CCCCC2)ccc1OCC(N)=O. The first-order chi connectivity index (χ1) is 15.7. The lowest BCUT2D eigenvalue weighted by Gasteiger charge is -2.35. The van der Waals surface area contributed by atoms with Crippen LogP contribution in [0.2, 0.25) is 0 Å². The maximum absolute atomic E-state index is 13.6. The highest BCUT2D eigenvalue weighted by atomic mass is 16.5. The Morgan fingerprint density at radius 2 is 1.67 bits per heavy atom. The minimum atomic E-state index is -0.548. The van der Waals surface area contributed by atoms with Crippen molar-refractivity contribution in [3.63, 3.8) is 0 Å². The van der Waals surface area contributed by atoms with Gasteiger partial charge >= 0.3 is 0 Å². The number of rotatable bonds is 8. The van der Waals surface area contributed by atoms with Gasteiger partial charge in [-0.15, -0.1) is 0 Å². The summed E-state index contributed by atoms with van der Waals surface area (Å²) in [5, 5.41) is 0. The van der Waals surface area contributed by atoms with E-state index in [1.54, 1.807) is 13.2 Å². The lowest BCUT2D eigenvalue weighted by atomic mass is 9.86. The number of carbonyl (C=O) groups excluding carboxylic acids is 2. The summed E-state index contributed by atoms with van der Waals surface area (Å²) in [4.78, 5) is 26.7. The number of nitrogens with two attached hydrogens (primary N) is 1. The summed E-state index contributed by atoms with van der Waals surface area (Å²) >= 11 is 0. The van der Waals surface area contributed by atoms with E-state index in [2.05, 4.69) is 32.9 Å². The van der Waals surface area contributed by atoms with E-state index in [4.69, 9.17) is 15.2 Å². The van der Waals surface area contributed by atoms with Crippen molar-refractivity contribution < 1.29 is 19.1 Å². The fourth-order valence-electron chi connectivity index (χ4n) is 4.31. The van der Waals surface area contributed by atoms with Gasteiger partial charge in [0.15, 0.2) is 18.1 Å². The topological polar surface area (TPSA) is 81.9 Å². The van der Waals surface area contributed by atoms with E-state index in [0.717, 1.165) is 31.2 Å². The zero-order chi connectivity index (χ0) is 24.0. The molecular weight excluding hydrogens is 416 g/mol. The van der Waals surface area contributed by atoms with Crippen molar-refractivity contribution in [2.75, 3.05) is 13.7 Å². The summed E-state index contributed by atoms with van der Waals surface area (Å²) in [6.45, 7) is 6.77. The van der Waals surface area contributed by atoms with Crippen molar-refractivity contribution in [3.8, 4) is 11.5 Å². The molecule has 1 fully saturated rings. The molecule has 0 radical (unpaired) electrons. The lowest BCUT2D eigenvalue weighted by Crippen LogP contribution is -2.41. The molecule has 2 aromatic carbocycles. The molecule has 3 rings (SSSR count). The number of hydrogen-bond donors (Lipinski definition) is 1. The Labute approximate surface area is 197 Å². The molecule has 33 heavy (non-hydrogen) atoms. The van der Waals surface area contributed by atoms with Gasteiger partial charge < -0.3 is 20.1 Å². The van der Waals surface area contributed by atoms with Gasteiger partial charge in [-0.05, 0) is 53.6 Å². The second kappa shape index (κ2) is 10.7. The van der Waals surface area contributed by atoms with Gasteiger partial charge in [-0.3, -0.25) is 9.59 Å². The van der Waals surface area contributed by atoms with E-state index in [1.807, 2.05) is 29.2 Å². The van der Waals surface area contributed by atoms with Gasteiger partial charge in [-0.2, -0.15) is 0 Å². The van der Waals surface area contributed by atoms with Crippen LogP contribution in [0.1, 0.15) is 74.4 Å². The minimum absolute atomic E-state index is 0.0412. The predicted octanol–water partition coefficient (Wildman–Crippen LogP) is 4.83. The molecule has 0 atom stereocenters. The molecule has 0 unspecified atom stereocenters. The molecule has 1 aliphatic carbocycles. The number of nitrogens with zero attached hydrogens (tertiary/aromatic N) is 1. The highest BCUT2D eigenvalue weighted by Crippen LogP contribution is 2.31. The van der Waals surface area contributed by atoms with Crippen LogP contribution in [0.4, 0.5) is 0 Å². The molecule has 0 saturated heterocycles. The fourth-order valence-corrected chi connectivity index (χ4v) is 4.31. The van der Waals surface area contributed by atoms with Crippen molar-refractivity contribution in [1.29, 1.82) is 0 Å². The Bertz CT molecular complexity index is 957. The van der Waals surface area contributed by atoms with Gasteiger partial charge in [0.2, 0.25) is 0 Å². The fraction of sp³-hybridized carbons (Fsp3) is 0.481. The van der Waals surface area contributed by atoms with Gasteiger partial charge in [0.05, 0.1) is 7.11 Å². The maximum Gasteiger partial charge on any atom is 0.255 e. The third-order valence-electron chi connectivity index (χ3n) is 6.23. The van der Waals surface area contributed by atoms with Crippen LogP contribution >= 0.6 is 0 Å². The van der Waals surface area contributed by atoms with E-state index < -0.39 is 5.91 Å². The van der Waals surface area contributed by atoms with E-state index in [1.165, 1.54) is 12.0 Å². The summed E-state index contributed by atoms with van der Waals surface area (Å²) in [6.07, 6.45) is 5.53. The van der Waals surface area contributed by atoms with Crippen LogP contribution in [-0.4, -0.2) is 36.5 Å². The summed E-state index contributed by atoms with van der Waals surface area (Å²) < 4.78 is 10.9. The number of primary amides is 1. The Hall–Kier alpha value is -3.02. The molecule has 2 aromatic rings. The quantitative estimate of drug-likeness (QED) is 0.622. The number of carbonyl (C=O) groups is 2. The molecule has 6 heteroatoms. The lowest BCUT2D eigenvalue weighted by molar-refractivity contribution is -0.119. The van der Waals surface area contributed by atoms with Crippen LogP contribution in [-0.2, 0) is 16.8 Å². The Balaban J connectivity index is 1.85. The molecular formula is C27H36N2O4. The third-order valence-corrected chi connectivity index (χ3v) is 6.23. The Kier molecular flexibility index (Phi) is 8.01. The van der Waals surface area contributed by atoms with Crippen molar-refractivity contribution >= 4 is 11.8 Å². The molecule has 2 N–H and O–H groups in total. The molecule has 1 saturated carbocycles. The van der Waals surface area contributed by atoms with Crippen molar-refractivity contribution in [1.82, 2.24) is 4.90 Å². The van der Waals surface area contributed by atoms with Crippen molar-refractivity contribution in [3.05, 3.63) is 59.2 Å². The molecule has 2 amide bonds. The normalized spacial score (nSPS) is 14.5. The first-order valence-corrected chi connectivity index (χ1v) is 11.7. The van der Waals surface area contributed by atoms with Crippen LogP contribution < -0.4 is 15.2 Å². The number of ether oxygens (including phenoxy) is 2. The molecule has 6 nitrogen and oxygen atoms in total. The number of amides is 2. The second-order valence-corrected chi connectivity index (χ2v) is 9.79. The average Bonchev–Trinajstić information content (AvgIpc) is 2.81. The molecule has 1 aliphatic rings. The average molecular weight is 453 g/mol. The molecule has 0 aromatic heterocycles. The first-order valence-electron chi connectivity index (χ1n) is 11.7. The standard InChI is InChI=1S/C27H36N2O4/c1-27(2,3)21-13-11-20(12-14-21)26(31)29(22-8-6-5-7-9-22)17-19-10-15-23(24(16-19)32-4)33-18-25(28)30/h10-16,22H,5-9,17-18H2,1-4H3,(H2,28,30). The van der Waals surface area contributed by atoms with Gasteiger partial charge in [-0.1, -0.05) is 58.2 Å². The van der Waals surface area contributed by atoms with Crippen LogP contribution in [0, 0.1) is 0 Å². The largest absolute Gasteiger partial charge is 0.493 e. The van der Waals surface area contributed by atoms with Gasteiger partial charge in [0, 0.05) is 18.2 Å². The van der Waals surface area contributed by atoms with Crippen molar-refractivity contribution in [2.45, 2.75) is 70.9 Å². The molecule has 178 valence electrons. The predicted molar refractivity (Wildman–Crippen MR) is 130 cm³/mol.